The van der Waals surface area contributed by atoms with Crippen LogP contribution in [-0.4, -0.2) is 13.0 Å². The molecular formula is C16H20O3S. The van der Waals surface area contributed by atoms with Gasteiger partial charge in [-0.3, -0.25) is 4.55 Å². The van der Waals surface area contributed by atoms with E-state index in [0.717, 1.165) is 18.2 Å². The van der Waals surface area contributed by atoms with Crippen LogP contribution in [0.1, 0.15) is 38.2 Å². The van der Waals surface area contributed by atoms with Crippen molar-refractivity contribution in [3.8, 4) is 0 Å². The summed E-state index contributed by atoms with van der Waals surface area (Å²) in [6.07, 6.45) is 5.85. The molecule has 0 amide bonds. The maximum absolute atomic E-state index is 11.3. The van der Waals surface area contributed by atoms with Crippen molar-refractivity contribution in [2.24, 2.45) is 0 Å². The molecule has 0 heterocycles. The van der Waals surface area contributed by atoms with E-state index in [1.165, 1.54) is 30.9 Å². The second-order valence-electron chi connectivity index (χ2n) is 5.10. The Bertz CT molecular complexity index is 690. The maximum atomic E-state index is 11.3. The third kappa shape index (κ3) is 3.58. The van der Waals surface area contributed by atoms with Gasteiger partial charge in [-0.1, -0.05) is 56.5 Å². The molecule has 2 rings (SSSR count). The summed E-state index contributed by atoms with van der Waals surface area (Å²) in [6.45, 7) is 2.19. The quantitative estimate of drug-likeness (QED) is 0.641. The lowest BCUT2D eigenvalue weighted by Gasteiger charge is -2.06. The van der Waals surface area contributed by atoms with Gasteiger partial charge in [0.2, 0.25) is 0 Å². The Morgan fingerprint density at radius 2 is 1.85 bits per heavy atom. The number of aryl methyl sites for hydroxylation is 1. The lowest BCUT2D eigenvalue weighted by atomic mass is 10.0. The van der Waals surface area contributed by atoms with Crippen LogP contribution in [0, 0.1) is 0 Å². The number of hydrogen-bond donors (Lipinski definition) is 1. The smallest absolute Gasteiger partial charge is 0.282 e. The normalized spacial score (nSPS) is 11.9. The molecule has 20 heavy (non-hydrogen) atoms. The second kappa shape index (κ2) is 6.37. The van der Waals surface area contributed by atoms with E-state index in [1.807, 2.05) is 18.2 Å². The third-order valence-electron chi connectivity index (χ3n) is 3.50. The first-order valence-corrected chi connectivity index (χ1v) is 8.45. The van der Waals surface area contributed by atoms with E-state index in [1.54, 1.807) is 12.1 Å². The fourth-order valence-corrected chi connectivity index (χ4v) is 3.15. The van der Waals surface area contributed by atoms with Crippen LogP contribution in [0.5, 0.6) is 0 Å². The fourth-order valence-electron chi connectivity index (χ4n) is 2.44. The van der Waals surface area contributed by atoms with Crippen molar-refractivity contribution in [1.82, 2.24) is 0 Å². The highest BCUT2D eigenvalue weighted by Gasteiger charge is 2.13. The molecule has 0 aliphatic heterocycles. The minimum Gasteiger partial charge on any atom is -0.282 e. The van der Waals surface area contributed by atoms with Gasteiger partial charge in [0.05, 0.1) is 0 Å². The molecule has 0 bridgehead atoms. The van der Waals surface area contributed by atoms with Crippen molar-refractivity contribution >= 4 is 20.9 Å². The van der Waals surface area contributed by atoms with Crippen LogP contribution in [0.15, 0.2) is 41.3 Å². The summed E-state index contributed by atoms with van der Waals surface area (Å²) < 4.78 is 31.9. The van der Waals surface area contributed by atoms with Crippen molar-refractivity contribution in [2.75, 3.05) is 0 Å². The minimum atomic E-state index is -4.17. The molecule has 1 N–H and O–H groups in total. The van der Waals surface area contributed by atoms with Gasteiger partial charge in [-0.25, -0.2) is 0 Å². The molecule has 0 saturated carbocycles. The number of hydrogen-bond acceptors (Lipinski definition) is 2. The standard InChI is InChI=1S/C16H20O3S/c1-2-3-4-5-7-13-10-11-15-14(12-13)8-6-9-16(15)20(17,18)19/h6,8-12H,2-5,7H2,1H3,(H,17,18,19). The van der Waals surface area contributed by atoms with Crippen molar-refractivity contribution in [3.05, 3.63) is 42.0 Å². The molecule has 0 radical (unpaired) electrons. The van der Waals surface area contributed by atoms with Crippen LogP contribution in [0.3, 0.4) is 0 Å². The fraction of sp³-hybridized carbons (Fsp3) is 0.375. The second-order valence-corrected chi connectivity index (χ2v) is 6.49. The number of benzene rings is 2. The van der Waals surface area contributed by atoms with Crippen molar-refractivity contribution < 1.29 is 13.0 Å². The number of unbranched alkanes of at least 4 members (excludes halogenated alkanes) is 3. The van der Waals surface area contributed by atoms with E-state index in [9.17, 15) is 13.0 Å². The lowest BCUT2D eigenvalue weighted by Crippen LogP contribution is -1.99. The Labute approximate surface area is 120 Å². The number of fused-ring (bicyclic) bond motifs is 1. The van der Waals surface area contributed by atoms with Crippen LogP contribution in [0.25, 0.3) is 10.8 Å². The first-order valence-electron chi connectivity index (χ1n) is 7.01. The van der Waals surface area contributed by atoms with Crippen LogP contribution < -0.4 is 0 Å². The predicted molar refractivity (Wildman–Crippen MR) is 81.6 cm³/mol. The first-order chi connectivity index (χ1) is 9.52. The van der Waals surface area contributed by atoms with Gasteiger partial charge < -0.3 is 0 Å². The van der Waals surface area contributed by atoms with Crippen LogP contribution in [0.4, 0.5) is 0 Å². The van der Waals surface area contributed by atoms with E-state index in [-0.39, 0.29) is 4.90 Å². The molecule has 2 aromatic carbocycles. The summed E-state index contributed by atoms with van der Waals surface area (Å²) >= 11 is 0. The monoisotopic (exact) mass is 292 g/mol. The van der Waals surface area contributed by atoms with Crippen LogP contribution in [-0.2, 0) is 16.5 Å². The molecule has 0 atom stereocenters. The highest BCUT2D eigenvalue weighted by Crippen LogP contribution is 2.24. The van der Waals surface area contributed by atoms with Gasteiger partial charge in [0.25, 0.3) is 10.1 Å². The summed E-state index contributed by atoms with van der Waals surface area (Å²) in [5.74, 6) is 0. The number of rotatable bonds is 6. The minimum absolute atomic E-state index is 0.0208. The Morgan fingerprint density at radius 1 is 1.05 bits per heavy atom. The summed E-state index contributed by atoms with van der Waals surface area (Å²) in [4.78, 5) is -0.0208. The van der Waals surface area contributed by atoms with Crippen molar-refractivity contribution in [2.45, 2.75) is 43.9 Å². The highest BCUT2D eigenvalue weighted by atomic mass is 32.2. The van der Waals surface area contributed by atoms with Gasteiger partial charge in [0.15, 0.2) is 0 Å². The average molecular weight is 292 g/mol. The highest BCUT2D eigenvalue weighted by molar-refractivity contribution is 7.86. The third-order valence-corrected chi connectivity index (χ3v) is 4.41. The van der Waals surface area contributed by atoms with Gasteiger partial charge in [-0.05, 0) is 29.9 Å². The van der Waals surface area contributed by atoms with Gasteiger partial charge in [0, 0.05) is 5.39 Å². The van der Waals surface area contributed by atoms with Gasteiger partial charge in [0.1, 0.15) is 4.90 Å². The Hall–Kier alpha value is -1.39. The van der Waals surface area contributed by atoms with Gasteiger partial charge in [-0.15, -0.1) is 0 Å². The maximum Gasteiger partial charge on any atom is 0.295 e. The summed E-state index contributed by atoms with van der Waals surface area (Å²) in [6, 6.07) is 10.7. The SMILES string of the molecule is CCCCCCc1ccc2c(S(=O)(=O)O)cccc2c1. The van der Waals surface area contributed by atoms with Gasteiger partial charge in [-0.2, -0.15) is 8.42 Å². The molecule has 108 valence electrons. The van der Waals surface area contributed by atoms with Crippen molar-refractivity contribution in [1.29, 1.82) is 0 Å². The molecule has 0 spiro atoms. The van der Waals surface area contributed by atoms with Crippen LogP contribution >= 0.6 is 0 Å². The lowest BCUT2D eigenvalue weighted by molar-refractivity contribution is 0.484. The van der Waals surface area contributed by atoms with Gasteiger partial charge >= 0.3 is 0 Å². The zero-order valence-corrected chi connectivity index (χ0v) is 12.5. The van der Waals surface area contributed by atoms with E-state index < -0.39 is 10.1 Å². The molecule has 0 aliphatic carbocycles. The van der Waals surface area contributed by atoms with E-state index >= 15 is 0 Å². The molecule has 3 nitrogen and oxygen atoms in total. The summed E-state index contributed by atoms with van der Waals surface area (Å²) in [7, 11) is -4.17. The Balaban J connectivity index is 2.27. The molecule has 0 aromatic heterocycles. The average Bonchev–Trinajstić information content (AvgIpc) is 2.41. The molecular weight excluding hydrogens is 272 g/mol. The molecule has 0 aliphatic rings. The molecule has 2 aromatic rings. The zero-order chi connectivity index (χ0) is 14.6. The molecule has 4 heteroatoms. The predicted octanol–water partition coefficient (Wildman–Crippen LogP) is 4.21. The molecule has 0 fully saturated rings. The van der Waals surface area contributed by atoms with E-state index in [2.05, 4.69) is 6.92 Å². The van der Waals surface area contributed by atoms with E-state index in [0.29, 0.717) is 5.39 Å². The van der Waals surface area contributed by atoms with E-state index in [4.69, 9.17) is 0 Å². The Kier molecular flexibility index (Phi) is 4.78. The summed E-state index contributed by atoms with van der Waals surface area (Å²) in [5, 5.41) is 1.43. The molecule has 0 unspecified atom stereocenters. The Morgan fingerprint density at radius 3 is 2.55 bits per heavy atom. The van der Waals surface area contributed by atoms with Crippen LogP contribution in [0.2, 0.25) is 0 Å². The topological polar surface area (TPSA) is 54.4 Å². The summed E-state index contributed by atoms with van der Waals surface area (Å²) in [5.41, 5.74) is 1.21. The largest absolute Gasteiger partial charge is 0.295 e. The van der Waals surface area contributed by atoms with Crippen molar-refractivity contribution in [3.63, 3.8) is 0 Å². The first kappa shape index (κ1) is 15.0. The molecule has 0 saturated heterocycles. The zero-order valence-electron chi connectivity index (χ0n) is 11.7.